The van der Waals surface area contributed by atoms with Crippen LogP contribution in [-0.4, -0.2) is 23.4 Å². The third-order valence-corrected chi connectivity index (χ3v) is 6.66. The number of aromatic nitrogens is 1. The summed E-state index contributed by atoms with van der Waals surface area (Å²) < 4.78 is 26.7. The molecule has 0 amide bonds. The molecule has 6 nitrogen and oxygen atoms in total. The number of halogens is 1. The first-order valence-electron chi connectivity index (χ1n) is 10.4. The van der Waals surface area contributed by atoms with Crippen molar-refractivity contribution in [3.8, 4) is 22.6 Å². The van der Waals surface area contributed by atoms with Gasteiger partial charge in [-0.1, -0.05) is 0 Å². The second kappa shape index (κ2) is 8.87. The van der Waals surface area contributed by atoms with Gasteiger partial charge in [0.2, 0.25) is 0 Å². The number of thiophene rings is 1. The van der Waals surface area contributed by atoms with Crippen molar-refractivity contribution in [1.82, 2.24) is 4.57 Å². The fourth-order valence-electron chi connectivity index (χ4n) is 3.86. The normalized spacial score (nSPS) is 11.0. The van der Waals surface area contributed by atoms with E-state index in [1.54, 1.807) is 51.4 Å². The van der Waals surface area contributed by atoms with Crippen LogP contribution in [-0.2, 0) is 11.8 Å². The molecule has 0 radical (unpaired) electrons. The number of carbonyl (C=O) groups is 2. The summed E-state index contributed by atoms with van der Waals surface area (Å²) in [5, 5.41) is 0.548. The van der Waals surface area contributed by atoms with Crippen molar-refractivity contribution in [1.29, 1.82) is 0 Å². The lowest BCUT2D eigenvalue weighted by Gasteiger charge is -2.17. The van der Waals surface area contributed by atoms with Gasteiger partial charge < -0.3 is 14.0 Å². The van der Waals surface area contributed by atoms with Crippen molar-refractivity contribution in [2.75, 3.05) is 7.11 Å². The Bertz CT molecular complexity index is 1510. The average Bonchev–Trinajstić information content (AvgIpc) is 3.24. The number of hydrogen-bond acceptors (Lipinski definition) is 6. The van der Waals surface area contributed by atoms with E-state index in [1.165, 1.54) is 30.7 Å². The topological polar surface area (TPSA) is 74.6 Å². The van der Waals surface area contributed by atoms with E-state index >= 15 is 0 Å². The number of benzene rings is 2. The molecule has 0 aliphatic heterocycles. The summed E-state index contributed by atoms with van der Waals surface area (Å²) in [5.74, 6) is -0.111. The SMILES string of the molecule is COC(=O)c1cc2c(-c3cc(C(C)=O)ccc3Oc3c(C)cc(F)cc3C)cn(C)c(=O)c2s1. The van der Waals surface area contributed by atoms with Gasteiger partial charge in [-0.3, -0.25) is 9.59 Å². The van der Waals surface area contributed by atoms with Crippen molar-refractivity contribution < 1.29 is 23.5 Å². The van der Waals surface area contributed by atoms with E-state index in [4.69, 9.17) is 9.47 Å². The molecule has 2 heterocycles. The molecule has 0 aliphatic rings. The molecule has 4 rings (SSSR count). The summed E-state index contributed by atoms with van der Waals surface area (Å²) in [7, 11) is 2.90. The number of rotatable bonds is 5. The number of Topliss-reactive ketones (excluding diaryl/α,β-unsaturated/α-hetero) is 1. The fourth-order valence-corrected chi connectivity index (χ4v) is 4.94. The molecule has 34 heavy (non-hydrogen) atoms. The van der Waals surface area contributed by atoms with Gasteiger partial charge in [0.25, 0.3) is 5.56 Å². The fraction of sp³-hybridized carbons (Fsp3) is 0.192. The van der Waals surface area contributed by atoms with Crippen LogP contribution in [0.25, 0.3) is 21.2 Å². The maximum absolute atomic E-state index is 13.8. The van der Waals surface area contributed by atoms with E-state index in [1.807, 2.05) is 0 Å². The lowest BCUT2D eigenvalue weighted by molar-refractivity contribution is 0.0606. The highest BCUT2D eigenvalue weighted by atomic mass is 32.1. The maximum atomic E-state index is 13.8. The number of carbonyl (C=O) groups excluding carboxylic acids is 2. The molecular weight excluding hydrogens is 457 g/mol. The summed E-state index contributed by atoms with van der Waals surface area (Å²) in [5.41, 5.74) is 2.61. The second-order valence-corrected chi connectivity index (χ2v) is 9.09. The third-order valence-electron chi connectivity index (χ3n) is 5.56. The molecule has 0 spiro atoms. The van der Waals surface area contributed by atoms with Gasteiger partial charge in [0, 0.05) is 35.3 Å². The number of ether oxygens (including phenoxy) is 2. The van der Waals surface area contributed by atoms with Crippen LogP contribution < -0.4 is 10.3 Å². The number of fused-ring (bicyclic) bond motifs is 1. The number of ketones is 1. The number of methoxy groups -OCH3 is 1. The van der Waals surface area contributed by atoms with Gasteiger partial charge in [0.05, 0.1) is 7.11 Å². The number of nitrogens with zero attached hydrogens (tertiary/aromatic N) is 1. The minimum absolute atomic E-state index is 0.136. The van der Waals surface area contributed by atoms with Crippen molar-refractivity contribution in [3.05, 3.63) is 80.3 Å². The number of hydrogen-bond donors (Lipinski definition) is 0. The van der Waals surface area contributed by atoms with Gasteiger partial charge in [-0.25, -0.2) is 9.18 Å². The van der Waals surface area contributed by atoms with E-state index in [0.29, 0.717) is 49.4 Å². The van der Waals surface area contributed by atoms with Crippen LogP contribution in [0.4, 0.5) is 4.39 Å². The molecule has 0 unspecified atom stereocenters. The van der Waals surface area contributed by atoms with Crippen molar-refractivity contribution in [2.24, 2.45) is 7.05 Å². The highest BCUT2D eigenvalue weighted by molar-refractivity contribution is 7.20. The maximum Gasteiger partial charge on any atom is 0.348 e. The smallest absolute Gasteiger partial charge is 0.348 e. The van der Waals surface area contributed by atoms with Crippen LogP contribution in [0.5, 0.6) is 11.5 Å². The summed E-state index contributed by atoms with van der Waals surface area (Å²) in [6.07, 6.45) is 1.65. The summed E-state index contributed by atoms with van der Waals surface area (Å²) in [6.45, 7) is 4.96. The number of pyridine rings is 1. The Balaban J connectivity index is 2.00. The summed E-state index contributed by atoms with van der Waals surface area (Å²) in [4.78, 5) is 37.4. The molecule has 0 atom stereocenters. The quantitative estimate of drug-likeness (QED) is 0.267. The molecule has 174 valence electrons. The summed E-state index contributed by atoms with van der Waals surface area (Å²) >= 11 is 1.05. The van der Waals surface area contributed by atoms with Crippen LogP contribution in [0, 0.1) is 19.7 Å². The van der Waals surface area contributed by atoms with E-state index in [9.17, 15) is 18.8 Å². The highest BCUT2D eigenvalue weighted by Crippen LogP contribution is 2.40. The number of aryl methyl sites for hydroxylation is 3. The van der Waals surface area contributed by atoms with E-state index < -0.39 is 5.97 Å². The largest absolute Gasteiger partial charge is 0.465 e. The molecule has 0 bridgehead atoms. The lowest BCUT2D eigenvalue weighted by Crippen LogP contribution is -2.15. The highest BCUT2D eigenvalue weighted by Gasteiger charge is 2.21. The molecule has 2 aromatic carbocycles. The van der Waals surface area contributed by atoms with E-state index in [0.717, 1.165) is 11.3 Å². The predicted molar refractivity (Wildman–Crippen MR) is 130 cm³/mol. The van der Waals surface area contributed by atoms with Crippen LogP contribution in [0.1, 0.15) is 38.1 Å². The Morgan fingerprint density at radius 2 is 1.71 bits per heavy atom. The molecule has 0 saturated heterocycles. The molecule has 0 N–H and O–H groups in total. The first kappa shape index (κ1) is 23.4. The Morgan fingerprint density at radius 3 is 2.32 bits per heavy atom. The van der Waals surface area contributed by atoms with E-state index in [-0.39, 0.29) is 22.0 Å². The second-order valence-electron chi connectivity index (χ2n) is 8.04. The Kier molecular flexibility index (Phi) is 6.10. The van der Waals surface area contributed by atoms with Crippen LogP contribution in [0.15, 0.2) is 47.4 Å². The van der Waals surface area contributed by atoms with Crippen LogP contribution in [0.2, 0.25) is 0 Å². The van der Waals surface area contributed by atoms with Gasteiger partial charge in [0.1, 0.15) is 26.9 Å². The zero-order valence-corrected chi connectivity index (χ0v) is 20.1. The zero-order chi connectivity index (χ0) is 24.7. The first-order chi connectivity index (χ1) is 16.1. The first-order valence-corrected chi connectivity index (χ1v) is 11.2. The van der Waals surface area contributed by atoms with E-state index in [2.05, 4.69) is 0 Å². The minimum Gasteiger partial charge on any atom is -0.465 e. The third kappa shape index (κ3) is 4.12. The molecule has 0 fully saturated rings. The summed E-state index contributed by atoms with van der Waals surface area (Å²) in [6, 6.07) is 9.42. The molecule has 0 saturated carbocycles. The van der Waals surface area contributed by atoms with Crippen molar-refractivity contribution >= 4 is 33.2 Å². The molecule has 4 aromatic rings. The minimum atomic E-state index is -0.541. The monoisotopic (exact) mass is 479 g/mol. The van der Waals surface area contributed by atoms with Crippen LogP contribution in [0.3, 0.4) is 0 Å². The van der Waals surface area contributed by atoms with Crippen molar-refractivity contribution in [2.45, 2.75) is 20.8 Å². The Hall–Kier alpha value is -3.78. The van der Waals surface area contributed by atoms with Gasteiger partial charge in [0.15, 0.2) is 5.78 Å². The number of esters is 1. The zero-order valence-electron chi connectivity index (χ0n) is 19.3. The predicted octanol–water partition coefficient (Wildman–Crippen LogP) is 5.80. The van der Waals surface area contributed by atoms with Gasteiger partial charge in [-0.05, 0) is 68.3 Å². The Morgan fingerprint density at radius 1 is 1.03 bits per heavy atom. The molecule has 8 heteroatoms. The standard InChI is InChI=1S/C26H22FNO5S/c1-13-8-17(27)9-14(2)23(13)33-21-7-6-16(15(3)29)10-18(21)20-12-28(4)25(30)24-19(20)11-22(34-24)26(31)32-5/h6-12H,1-5H3. The van der Waals surface area contributed by atoms with Gasteiger partial charge >= 0.3 is 5.97 Å². The Labute approximate surface area is 199 Å². The average molecular weight is 480 g/mol. The molecule has 2 aromatic heterocycles. The van der Waals surface area contributed by atoms with Gasteiger partial charge in [-0.15, -0.1) is 11.3 Å². The van der Waals surface area contributed by atoms with Gasteiger partial charge in [-0.2, -0.15) is 0 Å². The van der Waals surface area contributed by atoms with Crippen molar-refractivity contribution in [3.63, 3.8) is 0 Å². The molecular formula is C26H22FNO5S. The molecule has 0 aliphatic carbocycles. The van der Waals surface area contributed by atoms with Crippen LogP contribution >= 0.6 is 11.3 Å². The lowest BCUT2D eigenvalue weighted by atomic mass is 9.99.